The van der Waals surface area contributed by atoms with Crippen LogP contribution in [-0.2, 0) is 16.1 Å². The lowest BCUT2D eigenvalue weighted by atomic mass is 10.1. The molecule has 7 heteroatoms. The van der Waals surface area contributed by atoms with Crippen molar-refractivity contribution < 1.29 is 9.53 Å². The fourth-order valence-electron chi connectivity index (χ4n) is 1.79. The Kier molecular flexibility index (Phi) is 7.22. The third-order valence-corrected chi connectivity index (χ3v) is 3.38. The van der Waals surface area contributed by atoms with Gasteiger partial charge in [0.05, 0.1) is 19.0 Å². The molecule has 0 saturated heterocycles. The lowest BCUT2D eigenvalue weighted by molar-refractivity contribution is -0.141. The zero-order chi connectivity index (χ0) is 15.8. The van der Waals surface area contributed by atoms with Crippen molar-refractivity contribution in [2.24, 2.45) is 5.92 Å². The molecule has 118 valence electrons. The zero-order valence-electron chi connectivity index (χ0n) is 12.7. The van der Waals surface area contributed by atoms with Gasteiger partial charge in [-0.3, -0.25) is 9.59 Å². The van der Waals surface area contributed by atoms with Crippen LogP contribution in [0.4, 0.5) is 5.69 Å². The van der Waals surface area contributed by atoms with Crippen molar-refractivity contribution in [3.8, 4) is 0 Å². The largest absolute Gasteiger partial charge is 0.468 e. The maximum Gasteiger partial charge on any atom is 0.327 e. The van der Waals surface area contributed by atoms with Crippen molar-refractivity contribution in [1.82, 2.24) is 9.78 Å². The molecule has 0 radical (unpaired) electrons. The van der Waals surface area contributed by atoms with E-state index >= 15 is 0 Å². The first-order chi connectivity index (χ1) is 9.95. The summed E-state index contributed by atoms with van der Waals surface area (Å²) in [5, 5.41) is 7.05. The van der Waals surface area contributed by atoms with Gasteiger partial charge in [0.1, 0.15) is 11.6 Å². The first kappa shape index (κ1) is 17.5. The third-order valence-electron chi connectivity index (χ3n) is 3.02. The topological polar surface area (TPSA) is 73.2 Å². The molecule has 0 aliphatic carbocycles. The van der Waals surface area contributed by atoms with Gasteiger partial charge < -0.3 is 10.1 Å². The Morgan fingerprint density at radius 1 is 1.48 bits per heavy atom. The number of ether oxygens (including phenoxy) is 1. The number of nitrogens with one attached hydrogen (secondary N) is 1. The number of hydrogen-bond donors (Lipinski definition) is 1. The maximum absolute atomic E-state index is 11.9. The molecule has 6 nitrogen and oxygen atoms in total. The molecule has 1 aromatic rings. The van der Waals surface area contributed by atoms with Crippen molar-refractivity contribution in [3.63, 3.8) is 0 Å². The number of aromatic nitrogens is 2. The number of anilines is 1. The molecule has 0 aliphatic heterocycles. The number of esters is 1. The van der Waals surface area contributed by atoms with Gasteiger partial charge in [0.2, 0.25) is 0 Å². The molecule has 1 heterocycles. The number of carbonyl (C=O) groups is 1. The minimum absolute atomic E-state index is 0.0396. The number of halogens is 1. The molecule has 1 rings (SSSR count). The van der Waals surface area contributed by atoms with Gasteiger partial charge in [0.15, 0.2) is 0 Å². The van der Waals surface area contributed by atoms with Crippen LogP contribution in [0.5, 0.6) is 0 Å². The molecule has 0 saturated carbocycles. The summed E-state index contributed by atoms with van der Waals surface area (Å²) in [7, 11) is 1.25. The average molecular weight is 316 g/mol. The first-order valence-electron chi connectivity index (χ1n) is 7.02. The van der Waals surface area contributed by atoms with Gasteiger partial charge in [-0.05, 0) is 12.3 Å². The predicted octanol–water partition coefficient (Wildman–Crippen LogP) is 2.31. The monoisotopic (exact) mass is 315 g/mol. The van der Waals surface area contributed by atoms with Crippen LogP contribution < -0.4 is 10.9 Å². The Labute approximate surface area is 129 Å². The summed E-state index contributed by atoms with van der Waals surface area (Å²) < 4.78 is 5.48. The van der Waals surface area contributed by atoms with E-state index in [9.17, 15) is 9.59 Å². The van der Waals surface area contributed by atoms with Gasteiger partial charge in [0.25, 0.3) is 5.56 Å². The smallest absolute Gasteiger partial charge is 0.327 e. The fourth-order valence-corrected chi connectivity index (χ4v) is 2.00. The summed E-state index contributed by atoms with van der Waals surface area (Å²) in [4.78, 5) is 23.1. The highest BCUT2D eigenvalue weighted by atomic mass is 35.5. The van der Waals surface area contributed by atoms with Crippen LogP contribution in [0.2, 0.25) is 5.02 Å². The number of nitrogens with zero attached hydrogens (tertiary/aromatic N) is 2. The standard InChI is InChI=1S/C14H22ClN3O3/c1-10(2)6-4-5-7-16-11-8-17-18(9-12(19)21-3)14(20)13(11)15/h8,10,16H,4-7,9H2,1-3H3. The molecule has 0 atom stereocenters. The SMILES string of the molecule is COC(=O)Cn1ncc(NCCCCC(C)C)c(Cl)c1=O. The minimum atomic E-state index is -0.546. The van der Waals surface area contributed by atoms with E-state index in [-0.39, 0.29) is 11.6 Å². The van der Waals surface area contributed by atoms with Gasteiger partial charge in [-0.15, -0.1) is 0 Å². The van der Waals surface area contributed by atoms with Crippen LogP contribution in [0.1, 0.15) is 33.1 Å². The summed E-state index contributed by atoms with van der Waals surface area (Å²) in [5.74, 6) is 0.146. The Bertz CT molecular complexity index is 529. The molecule has 0 amide bonds. The summed E-state index contributed by atoms with van der Waals surface area (Å²) in [6.07, 6.45) is 4.75. The van der Waals surface area contributed by atoms with Crippen molar-refractivity contribution in [2.45, 2.75) is 39.7 Å². The highest BCUT2D eigenvalue weighted by Gasteiger charge is 2.11. The number of carbonyl (C=O) groups excluding carboxylic acids is 1. The van der Waals surface area contributed by atoms with E-state index in [4.69, 9.17) is 11.6 Å². The number of unbranched alkanes of at least 4 members (excludes halogenated alkanes) is 1. The quantitative estimate of drug-likeness (QED) is 0.588. The molecule has 0 fully saturated rings. The van der Waals surface area contributed by atoms with Crippen LogP contribution in [0, 0.1) is 5.92 Å². The van der Waals surface area contributed by atoms with E-state index in [2.05, 4.69) is 29.0 Å². The van der Waals surface area contributed by atoms with Gasteiger partial charge in [-0.25, -0.2) is 4.68 Å². The van der Waals surface area contributed by atoms with Gasteiger partial charge in [-0.2, -0.15) is 5.10 Å². The first-order valence-corrected chi connectivity index (χ1v) is 7.39. The van der Waals surface area contributed by atoms with Crippen LogP contribution in [-0.4, -0.2) is 29.4 Å². The van der Waals surface area contributed by atoms with Crippen molar-refractivity contribution in [3.05, 3.63) is 21.6 Å². The lowest BCUT2D eigenvalue weighted by Crippen LogP contribution is -2.28. The average Bonchev–Trinajstić information content (AvgIpc) is 2.45. The van der Waals surface area contributed by atoms with Gasteiger partial charge >= 0.3 is 5.97 Å². The fraction of sp³-hybridized carbons (Fsp3) is 0.643. The van der Waals surface area contributed by atoms with Crippen LogP contribution in [0.3, 0.4) is 0 Å². The van der Waals surface area contributed by atoms with E-state index in [0.29, 0.717) is 11.6 Å². The molecule has 0 unspecified atom stereocenters. The summed E-state index contributed by atoms with van der Waals surface area (Å²) >= 11 is 6.00. The van der Waals surface area contributed by atoms with E-state index < -0.39 is 11.5 Å². The summed E-state index contributed by atoms with van der Waals surface area (Å²) in [6, 6.07) is 0. The predicted molar refractivity (Wildman–Crippen MR) is 82.7 cm³/mol. The van der Waals surface area contributed by atoms with E-state index in [0.717, 1.165) is 24.1 Å². The molecule has 1 aromatic heterocycles. The molecule has 0 spiro atoms. The molecule has 0 aromatic carbocycles. The van der Waals surface area contributed by atoms with Crippen LogP contribution >= 0.6 is 11.6 Å². The number of methoxy groups -OCH3 is 1. The molecular formula is C14H22ClN3O3. The van der Waals surface area contributed by atoms with E-state index in [1.165, 1.54) is 19.7 Å². The third kappa shape index (κ3) is 5.75. The summed E-state index contributed by atoms with van der Waals surface area (Å²) in [6.45, 7) is 4.86. The molecular weight excluding hydrogens is 294 g/mol. The van der Waals surface area contributed by atoms with E-state index in [1.807, 2.05) is 0 Å². The number of rotatable bonds is 8. The second-order valence-corrected chi connectivity index (χ2v) is 5.61. The minimum Gasteiger partial charge on any atom is -0.468 e. The van der Waals surface area contributed by atoms with Crippen molar-refractivity contribution >= 4 is 23.3 Å². The second-order valence-electron chi connectivity index (χ2n) is 5.23. The molecule has 0 bridgehead atoms. The van der Waals surface area contributed by atoms with Gasteiger partial charge in [0, 0.05) is 6.54 Å². The van der Waals surface area contributed by atoms with Crippen molar-refractivity contribution in [2.75, 3.05) is 19.0 Å². The molecule has 21 heavy (non-hydrogen) atoms. The number of hydrogen-bond acceptors (Lipinski definition) is 5. The second kappa shape index (κ2) is 8.67. The highest BCUT2D eigenvalue weighted by molar-refractivity contribution is 6.32. The Hall–Kier alpha value is -1.56. The van der Waals surface area contributed by atoms with Crippen LogP contribution in [0.15, 0.2) is 11.0 Å². The van der Waals surface area contributed by atoms with Gasteiger partial charge in [-0.1, -0.05) is 38.3 Å². The Morgan fingerprint density at radius 3 is 2.81 bits per heavy atom. The summed E-state index contributed by atoms with van der Waals surface area (Å²) in [5.41, 5.74) is -0.0124. The van der Waals surface area contributed by atoms with Crippen LogP contribution in [0.25, 0.3) is 0 Å². The maximum atomic E-state index is 11.9. The molecule has 0 aliphatic rings. The lowest BCUT2D eigenvalue weighted by Gasteiger charge is -2.10. The Morgan fingerprint density at radius 2 is 2.19 bits per heavy atom. The van der Waals surface area contributed by atoms with Crippen molar-refractivity contribution in [1.29, 1.82) is 0 Å². The van der Waals surface area contributed by atoms with E-state index in [1.54, 1.807) is 0 Å². The Balaban J connectivity index is 2.59. The zero-order valence-corrected chi connectivity index (χ0v) is 13.4. The highest BCUT2D eigenvalue weighted by Crippen LogP contribution is 2.15. The molecule has 1 N–H and O–H groups in total. The normalized spacial score (nSPS) is 10.7.